The molecule has 0 aromatic carbocycles. The number of allylic oxidation sites excluding steroid dienone is 2. The predicted octanol–water partition coefficient (Wildman–Crippen LogP) is 1.69. The van der Waals surface area contributed by atoms with E-state index in [0.717, 1.165) is 0 Å². The van der Waals surface area contributed by atoms with Crippen LogP contribution < -0.4 is 0 Å². The monoisotopic (exact) mass is 384 g/mol. The zero-order valence-electron chi connectivity index (χ0n) is 15.2. The first kappa shape index (κ1) is 20.9. The van der Waals surface area contributed by atoms with Crippen LogP contribution >= 0.6 is 11.6 Å². The van der Waals surface area contributed by atoms with Crippen molar-refractivity contribution < 1.29 is 30.0 Å². The van der Waals surface area contributed by atoms with E-state index in [1.165, 1.54) is 38.3 Å². The van der Waals surface area contributed by atoms with Gasteiger partial charge in [0.2, 0.25) is 5.78 Å². The number of carbonyl (C=O) groups is 1. The van der Waals surface area contributed by atoms with Crippen molar-refractivity contribution in [1.82, 2.24) is 0 Å². The SMILES string of the molecule is CC[C@H](C)[C@@H](O)[C@](C)(O)C=CC1=CC2=C(Cl)C(=O)C(C)(O)C(O)C2=CO1. The molecule has 0 aromatic heterocycles. The van der Waals surface area contributed by atoms with E-state index in [1.807, 2.05) is 13.8 Å². The maximum atomic E-state index is 12.1. The van der Waals surface area contributed by atoms with Gasteiger partial charge >= 0.3 is 0 Å². The quantitative estimate of drug-likeness (QED) is 0.574. The fourth-order valence-corrected chi connectivity index (χ4v) is 3.22. The number of fused-ring (bicyclic) bond motifs is 1. The summed E-state index contributed by atoms with van der Waals surface area (Å²) in [6.45, 7) is 6.43. The summed E-state index contributed by atoms with van der Waals surface area (Å²) in [6, 6.07) is 0. The van der Waals surface area contributed by atoms with E-state index in [9.17, 15) is 25.2 Å². The normalized spacial score (nSPS) is 31.0. The molecular formula is C19H25ClO6. The first-order valence-electron chi connectivity index (χ1n) is 8.47. The lowest BCUT2D eigenvalue weighted by Crippen LogP contribution is -2.51. The fraction of sp³-hybridized carbons (Fsp3) is 0.526. The molecule has 1 aliphatic carbocycles. The van der Waals surface area contributed by atoms with Crippen molar-refractivity contribution in [2.75, 3.05) is 0 Å². The average molecular weight is 385 g/mol. The number of rotatable bonds is 5. The van der Waals surface area contributed by atoms with Crippen molar-refractivity contribution in [2.24, 2.45) is 5.92 Å². The third-order valence-corrected chi connectivity index (χ3v) is 5.38. The van der Waals surface area contributed by atoms with Crippen molar-refractivity contribution >= 4 is 17.4 Å². The molecule has 0 fully saturated rings. The summed E-state index contributed by atoms with van der Waals surface area (Å²) in [6.07, 6.45) is 3.79. The predicted molar refractivity (Wildman–Crippen MR) is 97.0 cm³/mol. The highest BCUT2D eigenvalue weighted by Gasteiger charge is 2.48. The lowest BCUT2D eigenvalue weighted by atomic mass is 9.79. The summed E-state index contributed by atoms with van der Waals surface area (Å²) < 4.78 is 5.40. The molecule has 0 amide bonds. The molecule has 0 saturated heterocycles. The number of carbonyl (C=O) groups excluding carboxylic acids is 1. The molecule has 26 heavy (non-hydrogen) atoms. The molecule has 6 nitrogen and oxygen atoms in total. The topological polar surface area (TPSA) is 107 Å². The summed E-state index contributed by atoms with van der Waals surface area (Å²) in [4.78, 5) is 12.1. The minimum Gasteiger partial charge on any atom is -0.465 e. The molecule has 1 heterocycles. The molecule has 7 heteroatoms. The smallest absolute Gasteiger partial charge is 0.209 e. The number of hydrogen-bond donors (Lipinski definition) is 4. The van der Waals surface area contributed by atoms with Crippen LogP contribution in [0.5, 0.6) is 0 Å². The van der Waals surface area contributed by atoms with Gasteiger partial charge in [0.25, 0.3) is 0 Å². The number of ketones is 1. The third-order valence-electron chi connectivity index (χ3n) is 5.01. The molecule has 0 saturated carbocycles. The molecule has 2 aliphatic rings. The Morgan fingerprint density at radius 3 is 2.69 bits per heavy atom. The second kappa shape index (κ2) is 7.29. The Kier molecular flexibility index (Phi) is 5.85. The van der Waals surface area contributed by atoms with Gasteiger partial charge in [0.15, 0.2) is 5.60 Å². The minimum atomic E-state index is -2.03. The Morgan fingerprint density at radius 2 is 2.12 bits per heavy atom. The van der Waals surface area contributed by atoms with Crippen LogP contribution in [0, 0.1) is 5.92 Å². The molecule has 0 bridgehead atoms. The van der Waals surface area contributed by atoms with E-state index in [0.29, 0.717) is 6.42 Å². The van der Waals surface area contributed by atoms with Gasteiger partial charge in [-0.3, -0.25) is 4.79 Å². The van der Waals surface area contributed by atoms with Gasteiger partial charge < -0.3 is 25.2 Å². The summed E-state index contributed by atoms with van der Waals surface area (Å²) in [7, 11) is 0. The van der Waals surface area contributed by atoms with E-state index in [1.54, 1.807) is 0 Å². The van der Waals surface area contributed by atoms with Crippen molar-refractivity contribution in [3.05, 3.63) is 46.4 Å². The number of aliphatic hydroxyl groups is 4. The van der Waals surface area contributed by atoms with E-state index in [-0.39, 0.29) is 27.9 Å². The summed E-state index contributed by atoms with van der Waals surface area (Å²) in [5, 5.41) is 40.8. The first-order valence-corrected chi connectivity index (χ1v) is 8.84. The Hall–Kier alpha value is -1.44. The fourth-order valence-electron chi connectivity index (χ4n) is 2.86. The average Bonchev–Trinajstić information content (AvgIpc) is 2.61. The van der Waals surface area contributed by atoms with Gasteiger partial charge in [0.1, 0.15) is 17.5 Å². The number of Topliss-reactive ketones (excluding diaryl/α,β-unsaturated/α-hetero) is 1. The van der Waals surface area contributed by atoms with Gasteiger partial charge in [-0.05, 0) is 38.0 Å². The molecule has 0 spiro atoms. The maximum absolute atomic E-state index is 12.1. The number of aliphatic hydroxyl groups excluding tert-OH is 2. The van der Waals surface area contributed by atoms with Crippen LogP contribution in [0.1, 0.15) is 34.1 Å². The highest BCUT2D eigenvalue weighted by atomic mass is 35.5. The summed E-state index contributed by atoms with van der Waals surface area (Å²) >= 11 is 6.06. The van der Waals surface area contributed by atoms with Crippen LogP contribution in [0.15, 0.2) is 46.4 Å². The van der Waals surface area contributed by atoms with Crippen molar-refractivity contribution in [3.8, 4) is 0 Å². The second-order valence-electron chi connectivity index (χ2n) is 7.23. The number of halogens is 1. The standard InChI is InChI=1S/C19H25ClO6/c1-5-10(2)15(21)18(3,24)7-6-11-8-12-13(9-26-11)16(22)19(4,25)17(23)14(12)20/h6-10,15-16,21-22,24-25H,5H2,1-4H3/t10-,15+,16?,18+,19?/m0/s1. The van der Waals surface area contributed by atoms with Crippen LogP contribution in [0.4, 0.5) is 0 Å². The highest BCUT2D eigenvalue weighted by molar-refractivity contribution is 6.45. The van der Waals surface area contributed by atoms with Crippen LogP contribution in [-0.2, 0) is 9.53 Å². The second-order valence-corrected chi connectivity index (χ2v) is 7.61. The van der Waals surface area contributed by atoms with E-state index in [2.05, 4.69) is 0 Å². The third kappa shape index (κ3) is 3.66. The number of hydrogen-bond acceptors (Lipinski definition) is 6. The molecule has 0 aromatic rings. The van der Waals surface area contributed by atoms with E-state index >= 15 is 0 Å². The van der Waals surface area contributed by atoms with Crippen LogP contribution in [-0.4, -0.2) is 49.6 Å². The van der Waals surface area contributed by atoms with Crippen molar-refractivity contribution in [3.63, 3.8) is 0 Å². The van der Waals surface area contributed by atoms with Gasteiger partial charge in [-0.15, -0.1) is 0 Å². The zero-order chi connectivity index (χ0) is 19.9. The molecular weight excluding hydrogens is 360 g/mol. The lowest BCUT2D eigenvalue weighted by molar-refractivity contribution is -0.140. The van der Waals surface area contributed by atoms with Crippen LogP contribution in [0.2, 0.25) is 0 Å². The first-order chi connectivity index (χ1) is 11.9. The van der Waals surface area contributed by atoms with Crippen LogP contribution in [0.3, 0.4) is 0 Å². The maximum Gasteiger partial charge on any atom is 0.209 e. The summed E-state index contributed by atoms with van der Waals surface area (Å²) in [5.41, 5.74) is -3.05. The molecule has 4 N–H and O–H groups in total. The van der Waals surface area contributed by atoms with E-state index < -0.39 is 29.2 Å². The number of ether oxygens (including phenoxy) is 1. The van der Waals surface area contributed by atoms with Gasteiger partial charge in [-0.25, -0.2) is 0 Å². The highest BCUT2D eigenvalue weighted by Crippen LogP contribution is 2.39. The Bertz CT molecular complexity index is 714. The molecule has 1 aliphatic heterocycles. The van der Waals surface area contributed by atoms with Crippen molar-refractivity contribution in [1.29, 1.82) is 0 Å². The minimum absolute atomic E-state index is 0.104. The molecule has 2 rings (SSSR count). The van der Waals surface area contributed by atoms with Gasteiger partial charge in [-0.2, -0.15) is 0 Å². The Labute approximate surface area is 157 Å². The summed E-state index contributed by atoms with van der Waals surface area (Å²) in [5.74, 6) is -0.618. The molecule has 5 atom stereocenters. The zero-order valence-corrected chi connectivity index (χ0v) is 16.0. The molecule has 144 valence electrons. The van der Waals surface area contributed by atoms with Gasteiger partial charge in [-0.1, -0.05) is 31.9 Å². The lowest BCUT2D eigenvalue weighted by Gasteiger charge is -2.35. The van der Waals surface area contributed by atoms with Crippen LogP contribution in [0.25, 0.3) is 0 Å². The van der Waals surface area contributed by atoms with Gasteiger partial charge in [0.05, 0.1) is 17.4 Å². The Balaban J connectivity index is 2.31. The van der Waals surface area contributed by atoms with E-state index in [4.69, 9.17) is 16.3 Å². The Morgan fingerprint density at radius 1 is 1.50 bits per heavy atom. The van der Waals surface area contributed by atoms with Gasteiger partial charge in [0, 0.05) is 11.1 Å². The molecule has 0 radical (unpaired) electrons. The largest absolute Gasteiger partial charge is 0.465 e. The van der Waals surface area contributed by atoms with Crippen molar-refractivity contribution in [2.45, 2.75) is 57.5 Å². The molecule has 2 unspecified atom stereocenters.